The van der Waals surface area contributed by atoms with Gasteiger partial charge in [-0.3, -0.25) is 9.59 Å². The van der Waals surface area contributed by atoms with Crippen molar-refractivity contribution in [2.45, 2.75) is 32.3 Å². The van der Waals surface area contributed by atoms with Crippen molar-refractivity contribution >= 4 is 23.2 Å². The Labute approximate surface area is 198 Å². The van der Waals surface area contributed by atoms with Crippen LogP contribution >= 0.6 is 0 Å². The molecule has 0 atom stereocenters. The average Bonchev–Trinajstić information content (AvgIpc) is 2.86. The Hall–Kier alpha value is -4.31. The Morgan fingerprint density at radius 2 is 1.85 bits per heavy atom. The molecule has 2 N–H and O–H groups in total. The predicted molar refractivity (Wildman–Crippen MR) is 129 cm³/mol. The van der Waals surface area contributed by atoms with Crippen LogP contribution < -0.4 is 20.1 Å². The van der Waals surface area contributed by atoms with Crippen LogP contribution in [0.3, 0.4) is 0 Å². The lowest BCUT2D eigenvalue weighted by molar-refractivity contribution is -0.117. The molecule has 0 fully saturated rings. The average molecular weight is 456 g/mol. The molecule has 0 saturated heterocycles. The zero-order chi connectivity index (χ0) is 23.8. The summed E-state index contributed by atoms with van der Waals surface area (Å²) in [7, 11) is 0. The maximum Gasteiger partial charge on any atom is 0.224 e. The van der Waals surface area contributed by atoms with Crippen molar-refractivity contribution < 1.29 is 19.1 Å². The van der Waals surface area contributed by atoms with Crippen molar-refractivity contribution in [3.8, 4) is 17.6 Å². The van der Waals surface area contributed by atoms with Gasteiger partial charge in [0.2, 0.25) is 11.8 Å². The third-order valence-corrected chi connectivity index (χ3v) is 5.37. The number of ether oxygens (including phenoxy) is 2. The maximum atomic E-state index is 12.3. The van der Waals surface area contributed by atoms with E-state index < -0.39 is 0 Å². The number of nitrogens with zero attached hydrogens (tertiary/aromatic N) is 1. The van der Waals surface area contributed by atoms with Crippen LogP contribution in [0.5, 0.6) is 11.5 Å². The fourth-order valence-electron chi connectivity index (χ4n) is 3.66. The van der Waals surface area contributed by atoms with Gasteiger partial charge in [0.1, 0.15) is 18.1 Å². The second-order valence-electron chi connectivity index (χ2n) is 8.00. The van der Waals surface area contributed by atoms with Gasteiger partial charge in [0.25, 0.3) is 0 Å². The Morgan fingerprint density at radius 1 is 1.00 bits per heavy atom. The summed E-state index contributed by atoms with van der Waals surface area (Å²) in [5.41, 5.74) is 4.05. The van der Waals surface area contributed by atoms with Crippen LogP contribution in [0.15, 0.2) is 66.7 Å². The molecule has 2 amide bonds. The number of benzene rings is 3. The van der Waals surface area contributed by atoms with Crippen LogP contribution in [-0.4, -0.2) is 18.4 Å². The molecule has 1 aliphatic heterocycles. The smallest absolute Gasteiger partial charge is 0.224 e. The fraction of sp³-hybridized carbons (Fsp3) is 0.222. The first-order chi connectivity index (χ1) is 16.6. The highest BCUT2D eigenvalue weighted by Crippen LogP contribution is 2.27. The van der Waals surface area contributed by atoms with Gasteiger partial charge < -0.3 is 20.1 Å². The van der Waals surface area contributed by atoms with Crippen LogP contribution in [0.2, 0.25) is 0 Å². The molecule has 0 saturated carbocycles. The summed E-state index contributed by atoms with van der Waals surface area (Å²) >= 11 is 0. The Morgan fingerprint density at radius 3 is 2.74 bits per heavy atom. The van der Waals surface area contributed by atoms with E-state index in [-0.39, 0.29) is 11.8 Å². The van der Waals surface area contributed by atoms with Gasteiger partial charge in [-0.25, -0.2) is 0 Å². The molecule has 1 heterocycles. The van der Waals surface area contributed by atoms with Gasteiger partial charge in [0, 0.05) is 30.3 Å². The lowest BCUT2D eigenvalue weighted by Crippen LogP contribution is -2.18. The van der Waals surface area contributed by atoms with E-state index in [0.29, 0.717) is 55.9 Å². The highest BCUT2D eigenvalue weighted by atomic mass is 16.5. The second-order valence-corrected chi connectivity index (χ2v) is 8.00. The molecule has 0 unspecified atom stereocenters. The molecular formula is C27H25N3O4. The number of anilines is 2. The first-order valence-electron chi connectivity index (χ1n) is 11.2. The summed E-state index contributed by atoms with van der Waals surface area (Å²) in [6.45, 7) is 0.753. The Kier molecular flexibility index (Phi) is 7.41. The second kappa shape index (κ2) is 11.0. The number of carbonyl (C=O) groups is 2. The van der Waals surface area contributed by atoms with E-state index in [1.54, 1.807) is 18.2 Å². The summed E-state index contributed by atoms with van der Waals surface area (Å²) in [5.74, 6) is 1.30. The number of rotatable bonds is 9. The molecule has 3 aromatic rings. The normalized spacial score (nSPS) is 12.1. The van der Waals surface area contributed by atoms with Crippen LogP contribution in [0.1, 0.15) is 36.0 Å². The molecule has 0 aliphatic carbocycles. The molecule has 7 nitrogen and oxygen atoms in total. The lowest BCUT2D eigenvalue weighted by Gasteiger charge is -2.17. The summed E-state index contributed by atoms with van der Waals surface area (Å²) in [6, 6.07) is 22.2. The molecule has 3 aromatic carbocycles. The number of hydrogen-bond donors (Lipinski definition) is 2. The van der Waals surface area contributed by atoms with Gasteiger partial charge in [-0.2, -0.15) is 5.26 Å². The number of fused-ring (bicyclic) bond motifs is 1. The first-order valence-corrected chi connectivity index (χ1v) is 11.2. The molecule has 1 aliphatic rings. The quantitative estimate of drug-likeness (QED) is 0.451. The Balaban J connectivity index is 1.20. The van der Waals surface area contributed by atoms with Crippen molar-refractivity contribution in [1.29, 1.82) is 5.26 Å². The van der Waals surface area contributed by atoms with E-state index in [4.69, 9.17) is 14.7 Å². The van der Waals surface area contributed by atoms with E-state index in [1.165, 1.54) is 0 Å². The highest BCUT2D eigenvalue weighted by molar-refractivity contribution is 5.94. The summed E-state index contributed by atoms with van der Waals surface area (Å²) in [6.07, 6.45) is 2.09. The van der Waals surface area contributed by atoms with Gasteiger partial charge >= 0.3 is 0 Å². The number of hydrogen-bond acceptors (Lipinski definition) is 5. The number of nitrogens with one attached hydrogen (secondary N) is 2. The van der Waals surface area contributed by atoms with E-state index >= 15 is 0 Å². The third kappa shape index (κ3) is 6.36. The summed E-state index contributed by atoms with van der Waals surface area (Å²) in [4.78, 5) is 23.8. The monoisotopic (exact) mass is 455 g/mol. The zero-order valence-electron chi connectivity index (χ0n) is 18.7. The molecule has 172 valence electrons. The molecule has 4 rings (SSSR count). The predicted octanol–water partition coefficient (Wildman–Crippen LogP) is 4.82. The minimum Gasteiger partial charge on any atom is -0.494 e. The van der Waals surface area contributed by atoms with Crippen molar-refractivity contribution in [2.75, 3.05) is 17.2 Å². The van der Waals surface area contributed by atoms with Crippen LogP contribution in [0.25, 0.3) is 0 Å². The zero-order valence-corrected chi connectivity index (χ0v) is 18.7. The summed E-state index contributed by atoms with van der Waals surface area (Å²) in [5, 5.41) is 14.7. The first kappa shape index (κ1) is 22.9. The van der Waals surface area contributed by atoms with Crippen molar-refractivity contribution in [3.63, 3.8) is 0 Å². The number of carbonyl (C=O) groups excluding carboxylic acids is 2. The standard InChI is InChI=1S/C27H25N3O4/c28-17-19-4-1-5-20(14-19)18-34-23-7-2-6-22(16-23)29-26(31)8-3-13-33-24-10-11-25-21(15-24)9-12-27(32)30-25/h1-2,4-7,10-11,14-16H,3,8-9,12-13,18H2,(H,29,31)(H,30,32). The topological polar surface area (TPSA) is 100 Å². The summed E-state index contributed by atoms with van der Waals surface area (Å²) < 4.78 is 11.6. The number of amides is 2. The minimum atomic E-state index is -0.101. The fourth-order valence-corrected chi connectivity index (χ4v) is 3.66. The largest absolute Gasteiger partial charge is 0.494 e. The molecule has 0 aromatic heterocycles. The van der Waals surface area contributed by atoms with E-state index in [0.717, 1.165) is 22.6 Å². The van der Waals surface area contributed by atoms with Gasteiger partial charge in [-0.1, -0.05) is 18.2 Å². The van der Waals surface area contributed by atoms with Crippen LogP contribution in [0.4, 0.5) is 11.4 Å². The molecular weight excluding hydrogens is 430 g/mol. The third-order valence-electron chi connectivity index (χ3n) is 5.37. The highest BCUT2D eigenvalue weighted by Gasteiger charge is 2.15. The van der Waals surface area contributed by atoms with Gasteiger partial charge in [0.05, 0.1) is 18.2 Å². The minimum absolute atomic E-state index is 0.0367. The van der Waals surface area contributed by atoms with Gasteiger partial charge in [0.15, 0.2) is 0 Å². The van der Waals surface area contributed by atoms with E-state index in [9.17, 15) is 9.59 Å². The van der Waals surface area contributed by atoms with Gasteiger partial charge in [-0.05, 0) is 66.4 Å². The SMILES string of the molecule is N#Cc1cccc(COc2cccc(NC(=O)CCCOc3ccc4c(c3)CCC(=O)N4)c2)c1. The molecule has 34 heavy (non-hydrogen) atoms. The maximum absolute atomic E-state index is 12.3. The van der Waals surface area contributed by atoms with Crippen molar-refractivity contribution in [1.82, 2.24) is 0 Å². The molecule has 0 radical (unpaired) electrons. The van der Waals surface area contributed by atoms with E-state index in [1.807, 2.05) is 48.5 Å². The van der Waals surface area contributed by atoms with Gasteiger partial charge in [-0.15, -0.1) is 0 Å². The van der Waals surface area contributed by atoms with Crippen molar-refractivity contribution in [3.05, 3.63) is 83.4 Å². The van der Waals surface area contributed by atoms with Crippen LogP contribution in [0, 0.1) is 11.3 Å². The molecule has 0 bridgehead atoms. The lowest BCUT2D eigenvalue weighted by atomic mass is 10.0. The molecule has 7 heteroatoms. The van der Waals surface area contributed by atoms with Crippen molar-refractivity contribution in [2.24, 2.45) is 0 Å². The number of aryl methyl sites for hydroxylation is 1. The van der Waals surface area contributed by atoms with Crippen LogP contribution in [-0.2, 0) is 22.6 Å². The molecule has 0 spiro atoms. The van der Waals surface area contributed by atoms with E-state index in [2.05, 4.69) is 16.7 Å². The Bertz CT molecular complexity index is 1230. The number of nitriles is 1.